The van der Waals surface area contributed by atoms with Crippen LogP contribution in [0.25, 0.3) is 6.08 Å². The van der Waals surface area contributed by atoms with E-state index in [1.54, 1.807) is 6.20 Å². The molecule has 2 aromatic carbocycles. The molecule has 0 aliphatic carbocycles. The number of ether oxygens (including phenoxy) is 2. The maximum atomic E-state index is 10.7. The highest BCUT2D eigenvalue weighted by atomic mass is 35.5. The summed E-state index contributed by atoms with van der Waals surface area (Å²) < 4.78 is 12.5. The first-order chi connectivity index (χ1) is 16.5. The van der Waals surface area contributed by atoms with Gasteiger partial charge in [0.1, 0.15) is 12.4 Å². The van der Waals surface area contributed by atoms with Gasteiger partial charge in [-0.2, -0.15) is 0 Å². The number of nitrogens with zero attached hydrogens (tertiary/aromatic N) is 2. The number of benzene rings is 2. The number of fused-ring (bicyclic) bond motifs is 1. The van der Waals surface area contributed by atoms with Gasteiger partial charge < -0.3 is 19.6 Å². The summed E-state index contributed by atoms with van der Waals surface area (Å²) in [5.74, 6) is 1.94. The van der Waals surface area contributed by atoms with E-state index in [4.69, 9.17) is 26.2 Å². The van der Waals surface area contributed by atoms with Crippen LogP contribution in [0.3, 0.4) is 0 Å². The highest BCUT2D eigenvalue weighted by Gasteiger charge is 2.29. The Bertz CT molecular complexity index is 1180. The lowest BCUT2D eigenvalue weighted by Gasteiger charge is -2.34. The predicted octanol–water partition coefficient (Wildman–Crippen LogP) is 5.05. The van der Waals surface area contributed by atoms with Crippen molar-refractivity contribution >= 4 is 23.6 Å². The number of rotatable bonds is 6. The van der Waals surface area contributed by atoms with Crippen LogP contribution in [0.5, 0.6) is 11.5 Å². The number of aromatic amines is 1. The molecule has 0 bridgehead atoms. The topological polar surface area (TPSA) is 87.7 Å². The number of likely N-dealkylation sites (tertiary alicyclic amines) is 1. The van der Waals surface area contributed by atoms with Crippen molar-refractivity contribution in [2.24, 2.45) is 0 Å². The highest BCUT2D eigenvalue weighted by molar-refractivity contribution is 6.30. The van der Waals surface area contributed by atoms with Crippen molar-refractivity contribution < 1.29 is 19.4 Å². The minimum Gasteiger partial charge on any atom is -0.485 e. The minimum atomic E-state index is -0.976. The number of imidazole rings is 1. The molecule has 34 heavy (non-hydrogen) atoms. The Labute approximate surface area is 203 Å². The Morgan fingerprint density at radius 2 is 2.00 bits per heavy atom. The first-order valence-corrected chi connectivity index (χ1v) is 11.8. The van der Waals surface area contributed by atoms with E-state index in [0.29, 0.717) is 29.8 Å². The van der Waals surface area contributed by atoms with Crippen molar-refractivity contribution in [3.05, 3.63) is 82.4 Å². The SMILES string of the molecule is O=C(O)C=Cc1cnc(CN2CCC(c3cccc4c3OC[C@@H](c3ccc(Cl)cc3)O4)CC2)[nH]1. The van der Waals surface area contributed by atoms with Gasteiger partial charge in [-0.15, -0.1) is 0 Å². The smallest absolute Gasteiger partial charge is 0.328 e. The molecule has 0 unspecified atom stereocenters. The molecular weight excluding hydrogens is 454 g/mol. The molecule has 0 radical (unpaired) electrons. The van der Waals surface area contributed by atoms with Crippen LogP contribution in [0.1, 0.15) is 47.5 Å². The van der Waals surface area contributed by atoms with Crippen molar-refractivity contribution in [3.8, 4) is 11.5 Å². The molecule has 176 valence electrons. The second-order valence-corrected chi connectivity index (χ2v) is 9.09. The minimum absolute atomic E-state index is 0.148. The van der Waals surface area contributed by atoms with Crippen LogP contribution < -0.4 is 9.47 Å². The number of para-hydroxylation sites is 1. The van der Waals surface area contributed by atoms with Gasteiger partial charge in [-0.25, -0.2) is 9.78 Å². The molecule has 1 fully saturated rings. The molecule has 5 rings (SSSR count). The molecule has 1 saturated heterocycles. The molecule has 0 spiro atoms. The summed E-state index contributed by atoms with van der Waals surface area (Å²) in [6.45, 7) is 3.08. The lowest BCUT2D eigenvalue weighted by atomic mass is 9.88. The van der Waals surface area contributed by atoms with E-state index in [-0.39, 0.29) is 6.10 Å². The number of hydrogen-bond donors (Lipinski definition) is 2. The number of aliphatic carboxylic acids is 1. The van der Waals surface area contributed by atoms with Gasteiger partial charge in [-0.1, -0.05) is 35.9 Å². The fraction of sp³-hybridized carbons (Fsp3) is 0.308. The monoisotopic (exact) mass is 479 g/mol. The van der Waals surface area contributed by atoms with Gasteiger partial charge in [0.25, 0.3) is 0 Å². The lowest BCUT2D eigenvalue weighted by molar-refractivity contribution is -0.131. The summed E-state index contributed by atoms with van der Waals surface area (Å²) in [5, 5.41) is 9.46. The summed E-state index contributed by atoms with van der Waals surface area (Å²) in [5.41, 5.74) is 2.95. The van der Waals surface area contributed by atoms with Crippen molar-refractivity contribution in [3.63, 3.8) is 0 Å². The summed E-state index contributed by atoms with van der Waals surface area (Å²) in [7, 11) is 0. The van der Waals surface area contributed by atoms with Gasteiger partial charge in [0, 0.05) is 16.7 Å². The summed E-state index contributed by atoms with van der Waals surface area (Å²) >= 11 is 6.02. The average molecular weight is 480 g/mol. The Kier molecular flexibility index (Phi) is 6.56. The van der Waals surface area contributed by atoms with Crippen LogP contribution in [0.2, 0.25) is 5.02 Å². The molecule has 2 N–H and O–H groups in total. The third-order valence-electron chi connectivity index (χ3n) is 6.35. The van der Waals surface area contributed by atoms with Crippen LogP contribution in [0, 0.1) is 0 Å². The van der Waals surface area contributed by atoms with Gasteiger partial charge >= 0.3 is 5.97 Å². The quantitative estimate of drug-likeness (QED) is 0.481. The summed E-state index contributed by atoms with van der Waals surface area (Å²) in [6.07, 6.45) is 6.17. The van der Waals surface area contributed by atoms with E-state index in [2.05, 4.69) is 20.9 Å². The Hall–Kier alpha value is -3.29. The van der Waals surface area contributed by atoms with E-state index >= 15 is 0 Å². The zero-order chi connectivity index (χ0) is 23.5. The third-order valence-corrected chi connectivity index (χ3v) is 6.61. The Morgan fingerprint density at radius 3 is 2.76 bits per heavy atom. The van der Waals surface area contributed by atoms with Gasteiger partial charge in [-0.3, -0.25) is 4.90 Å². The number of piperidine rings is 1. The van der Waals surface area contributed by atoms with Crippen LogP contribution in [0.4, 0.5) is 0 Å². The largest absolute Gasteiger partial charge is 0.485 e. The van der Waals surface area contributed by atoms with E-state index < -0.39 is 5.97 Å². The fourth-order valence-electron chi connectivity index (χ4n) is 4.61. The van der Waals surface area contributed by atoms with Crippen molar-refractivity contribution in [2.75, 3.05) is 19.7 Å². The normalized spacial score (nSPS) is 18.9. The third kappa shape index (κ3) is 5.11. The van der Waals surface area contributed by atoms with Crippen LogP contribution >= 0.6 is 11.6 Å². The van der Waals surface area contributed by atoms with Crippen LogP contribution in [0.15, 0.2) is 54.7 Å². The molecule has 7 nitrogen and oxygen atoms in total. The maximum Gasteiger partial charge on any atom is 0.328 e. The second-order valence-electron chi connectivity index (χ2n) is 8.65. The van der Waals surface area contributed by atoms with Gasteiger partial charge in [-0.05, 0) is 61.7 Å². The lowest BCUT2D eigenvalue weighted by Crippen LogP contribution is -2.33. The van der Waals surface area contributed by atoms with E-state index in [1.165, 1.54) is 11.6 Å². The van der Waals surface area contributed by atoms with Crippen molar-refractivity contribution in [2.45, 2.75) is 31.4 Å². The van der Waals surface area contributed by atoms with E-state index in [0.717, 1.165) is 54.9 Å². The van der Waals surface area contributed by atoms with Gasteiger partial charge in [0.15, 0.2) is 17.6 Å². The molecule has 2 aliphatic heterocycles. The average Bonchev–Trinajstić information content (AvgIpc) is 3.30. The maximum absolute atomic E-state index is 10.7. The number of carboxylic acid groups (broad SMARTS) is 1. The molecule has 1 atom stereocenters. The first-order valence-electron chi connectivity index (χ1n) is 11.4. The summed E-state index contributed by atoms with van der Waals surface area (Å²) in [4.78, 5) is 20.6. The van der Waals surface area contributed by atoms with E-state index in [1.807, 2.05) is 36.4 Å². The molecule has 8 heteroatoms. The van der Waals surface area contributed by atoms with Crippen molar-refractivity contribution in [1.82, 2.24) is 14.9 Å². The number of carbonyl (C=O) groups is 1. The predicted molar refractivity (Wildman–Crippen MR) is 129 cm³/mol. The molecule has 0 saturated carbocycles. The molecule has 3 aromatic rings. The summed E-state index contributed by atoms with van der Waals surface area (Å²) in [6, 6.07) is 13.9. The van der Waals surface area contributed by atoms with E-state index in [9.17, 15) is 4.79 Å². The van der Waals surface area contributed by atoms with Crippen molar-refractivity contribution in [1.29, 1.82) is 0 Å². The van der Waals surface area contributed by atoms with Crippen LogP contribution in [-0.2, 0) is 11.3 Å². The molecule has 1 aromatic heterocycles. The Balaban J connectivity index is 1.20. The van der Waals surface area contributed by atoms with Gasteiger partial charge in [0.2, 0.25) is 0 Å². The second kappa shape index (κ2) is 9.91. The standard InChI is InChI=1S/C26H26ClN3O4/c27-19-6-4-18(5-7-19)23-16-33-26-21(2-1-3-22(26)34-23)17-10-12-30(13-11-17)15-24-28-14-20(29-24)8-9-25(31)32/h1-9,14,17,23H,10-13,15-16H2,(H,28,29)(H,31,32)/t23-/m0/s1. The number of H-pyrrole nitrogens is 1. The molecular formula is C26H26ClN3O4. The first kappa shape index (κ1) is 22.5. The van der Waals surface area contributed by atoms with Gasteiger partial charge in [0.05, 0.1) is 18.4 Å². The highest BCUT2D eigenvalue weighted by Crippen LogP contribution is 2.44. The number of carboxylic acids is 1. The number of halogens is 1. The molecule has 0 amide bonds. The zero-order valence-corrected chi connectivity index (χ0v) is 19.4. The Morgan fingerprint density at radius 1 is 1.21 bits per heavy atom. The zero-order valence-electron chi connectivity index (χ0n) is 18.6. The number of nitrogens with one attached hydrogen (secondary N) is 1. The number of hydrogen-bond acceptors (Lipinski definition) is 5. The molecule has 3 heterocycles. The van der Waals surface area contributed by atoms with Crippen LogP contribution in [-0.4, -0.2) is 45.6 Å². The number of aromatic nitrogens is 2. The molecule has 2 aliphatic rings. The fourth-order valence-corrected chi connectivity index (χ4v) is 4.73.